The van der Waals surface area contributed by atoms with Crippen LogP contribution in [0.2, 0.25) is 0 Å². The van der Waals surface area contributed by atoms with Gasteiger partial charge in [-0.05, 0) is 79.5 Å². The summed E-state index contributed by atoms with van der Waals surface area (Å²) in [7, 11) is 0. The van der Waals surface area contributed by atoms with E-state index < -0.39 is 12.2 Å². The Bertz CT molecular complexity index is 1060. The van der Waals surface area contributed by atoms with Gasteiger partial charge in [0.05, 0.1) is 17.8 Å². The van der Waals surface area contributed by atoms with Crippen LogP contribution in [0, 0.1) is 39.9 Å². The number of fused-ring (bicyclic) bond motifs is 1. The topological polar surface area (TPSA) is 70.0 Å². The van der Waals surface area contributed by atoms with Crippen LogP contribution in [0.5, 0.6) is 0 Å². The number of hydrogen-bond donors (Lipinski definition) is 2. The van der Waals surface area contributed by atoms with Gasteiger partial charge in [-0.25, -0.2) is 4.79 Å². The zero-order valence-electron chi connectivity index (χ0n) is 20.3. The molecule has 5 heteroatoms. The Labute approximate surface area is 202 Å². The minimum atomic E-state index is -0.567. The molecule has 7 bridgehead atoms. The van der Waals surface area contributed by atoms with E-state index in [1.54, 1.807) is 0 Å². The molecule has 1 aromatic carbocycles. The summed E-state index contributed by atoms with van der Waals surface area (Å²) in [4.78, 5) is 16.0. The number of nitrogens with zero attached hydrogens (tertiary/aromatic N) is 1. The third kappa shape index (κ3) is 2.22. The van der Waals surface area contributed by atoms with Crippen molar-refractivity contribution in [2.45, 2.75) is 70.3 Å². The van der Waals surface area contributed by atoms with Crippen molar-refractivity contribution in [1.29, 1.82) is 0 Å². The van der Waals surface area contributed by atoms with Gasteiger partial charge in [0.25, 0.3) is 0 Å². The molecule has 0 aromatic heterocycles. The number of benzene rings is 1. The lowest BCUT2D eigenvalue weighted by Crippen LogP contribution is -2.69. The van der Waals surface area contributed by atoms with Crippen molar-refractivity contribution >= 4 is 5.97 Å². The predicted molar refractivity (Wildman–Crippen MR) is 128 cm³/mol. The van der Waals surface area contributed by atoms with Gasteiger partial charge < -0.3 is 14.9 Å². The van der Waals surface area contributed by atoms with Crippen LogP contribution in [-0.4, -0.2) is 58.5 Å². The van der Waals surface area contributed by atoms with E-state index in [1.807, 2.05) is 30.3 Å². The first-order valence-electron chi connectivity index (χ1n) is 13.3. The van der Waals surface area contributed by atoms with E-state index in [4.69, 9.17) is 4.74 Å². The molecule has 34 heavy (non-hydrogen) atoms. The van der Waals surface area contributed by atoms with Crippen LogP contribution in [0.3, 0.4) is 0 Å². The van der Waals surface area contributed by atoms with Gasteiger partial charge in [0, 0.05) is 29.3 Å². The Balaban J connectivity index is 1.39. The van der Waals surface area contributed by atoms with Gasteiger partial charge in [-0.1, -0.05) is 38.6 Å². The highest BCUT2D eigenvalue weighted by atomic mass is 16.5. The maximum absolute atomic E-state index is 13.4. The summed E-state index contributed by atoms with van der Waals surface area (Å²) in [6, 6.07) is 9.64. The first-order valence-corrected chi connectivity index (χ1v) is 13.3. The summed E-state index contributed by atoms with van der Waals surface area (Å²) in [6.07, 6.45) is 3.34. The molecule has 182 valence electrons. The standard InChI is InChI=1S/C29H37NO4/c1-4-30-15-27(3)11-10-23(34-26(33)17-8-6-5-7-9-17)29-21(27)12-19(24(29)30)28-14-18(16(2)25(28)32)20(31)13-22(28)29/h5-9,18-25,31-32H,2,4,10-15H2,1,3H3/t18-,19-,20-,21+,22+,23-,24?,25+,27-,28-,29-/m0/s1. The fraction of sp³-hybridized carbons (Fsp3) is 0.690. The fourth-order valence-corrected chi connectivity index (χ4v) is 10.9. The number of rotatable bonds is 3. The Hall–Kier alpha value is -1.69. The Morgan fingerprint density at radius 3 is 2.71 bits per heavy atom. The number of carbonyl (C=O) groups excluding carboxylic acids is 1. The molecular weight excluding hydrogens is 426 g/mol. The molecule has 0 amide bonds. The number of ether oxygens (including phenoxy) is 1. The summed E-state index contributed by atoms with van der Waals surface area (Å²) >= 11 is 0. The maximum atomic E-state index is 13.4. The number of piperidine rings is 1. The average Bonchev–Trinajstić information content (AvgIpc) is 3.36. The van der Waals surface area contributed by atoms with Gasteiger partial charge in [0.15, 0.2) is 0 Å². The molecule has 1 saturated heterocycles. The van der Waals surface area contributed by atoms with Crippen LogP contribution in [-0.2, 0) is 4.74 Å². The van der Waals surface area contributed by atoms with E-state index >= 15 is 0 Å². The number of carbonyl (C=O) groups is 1. The molecule has 5 nitrogen and oxygen atoms in total. The van der Waals surface area contributed by atoms with Crippen LogP contribution >= 0.6 is 0 Å². The van der Waals surface area contributed by atoms with Gasteiger partial charge in [-0.15, -0.1) is 0 Å². The maximum Gasteiger partial charge on any atom is 0.338 e. The first-order chi connectivity index (χ1) is 16.3. The van der Waals surface area contributed by atoms with E-state index in [9.17, 15) is 15.0 Å². The van der Waals surface area contributed by atoms with Crippen LogP contribution in [0.25, 0.3) is 0 Å². The highest BCUT2D eigenvalue weighted by Gasteiger charge is 2.85. The Morgan fingerprint density at radius 2 is 1.97 bits per heavy atom. The van der Waals surface area contributed by atoms with Crippen LogP contribution in [0.4, 0.5) is 0 Å². The minimum absolute atomic E-state index is 0.00257. The van der Waals surface area contributed by atoms with Gasteiger partial charge in [0.2, 0.25) is 0 Å². The normalized spacial score (nSPS) is 52.5. The number of aliphatic hydroxyl groups excluding tert-OH is 2. The van der Waals surface area contributed by atoms with E-state index in [0.717, 1.165) is 44.3 Å². The van der Waals surface area contributed by atoms with Crippen molar-refractivity contribution < 1.29 is 19.7 Å². The second-order valence-electron chi connectivity index (χ2n) is 12.6. The Kier molecular flexibility index (Phi) is 4.28. The third-order valence-electron chi connectivity index (χ3n) is 11.8. The van der Waals surface area contributed by atoms with Gasteiger partial charge in [0.1, 0.15) is 6.10 Å². The van der Waals surface area contributed by atoms with E-state index in [1.165, 1.54) is 0 Å². The molecule has 5 saturated carbocycles. The van der Waals surface area contributed by atoms with Crippen molar-refractivity contribution in [3.05, 3.63) is 48.0 Å². The van der Waals surface area contributed by atoms with Gasteiger partial charge in [-0.2, -0.15) is 0 Å². The van der Waals surface area contributed by atoms with Crippen LogP contribution in [0.1, 0.15) is 56.3 Å². The smallest absolute Gasteiger partial charge is 0.338 e. The van der Waals surface area contributed by atoms with Crippen molar-refractivity contribution in [3.63, 3.8) is 0 Å². The lowest BCUT2D eigenvalue weighted by molar-refractivity contribution is -0.218. The summed E-state index contributed by atoms with van der Waals surface area (Å²) < 4.78 is 6.50. The SMILES string of the molecule is C=C1[C@@H](O)[C@]23C[C@@H]1[C@@H](O)C[C@H]2[C@@]12C4[C@@H]3C[C@@H]1[C@@](C)(CC[C@@H]2OC(=O)c1ccccc1)CN4CC. The molecule has 2 N–H and O–H groups in total. The predicted octanol–water partition coefficient (Wildman–Crippen LogP) is 3.66. The van der Waals surface area contributed by atoms with Gasteiger partial charge >= 0.3 is 5.97 Å². The molecule has 5 aliphatic carbocycles. The molecule has 1 unspecified atom stereocenters. The lowest BCUT2D eigenvalue weighted by Gasteiger charge is -2.65. The number of esters is 1. The third-order valence-corrected chi connectivity index (χ3v) is 11.8. The van der Waals surface area contributed by atoms with E-state index in [2.05, 4.69) is 25.3 Å². The summed E-state index contributed by atoms with van der Waals surface area (Å²) in [5.74, 6) is 0.735. The molecule has 2 spiro atoms. The van der Waals surface area contributed by atoms with Crippen molar-refractivity contribution in [2.24, 2.45) is 39.9 Å². The van der Waals surface area contributed by atoms with Crippen molar-refractivity contribution in [1.82, 2.24) is 4.90 Å². The second-order valence-corrected chi connectivity index (χ2v) is 12.6. The summed E-state index contributed by atoms with van der Waals surface area (Å²) in [6.45, 7) is 11.0. The molecular formula is C29H37NO4. The lowest BCUT2D eigenvalue weighted by atomic mass is 9.43. The zero-order chi connectivity index (χ0) is 23.6. The Morgan fingerprint density at radius 1 is 1.21 bits per heavy atom. The van der Waals surface area contributed by atoms with Crippen LogP contribution < -0.4 is 0 Å². The second kappa shape index (κ2) is 6.74. The molecule has 1 aliphatic heterocycles. The highest BCUT2D eigenvalue weighted by Crippen LogP contribution is 2.83. The van der Waals surface area contributed by atoms with Crippen molar-refractivity contribution in [3.8, 4) is 0 Å². The average molecular weight is 464 g/mol. The number of hydrogen-bond acceptors (Lipinski definition) is 5. The number of aliphatic hydroxyl groups is 2. The monoisotopic (exact) mass is 463 g/mol. The van der Waals surface area contributed by atoms with Crippen LogP contribution in [0.15, 0.2) is 42.5 Å². The fourth-order valence-electron chi connectivity index (χ4n) is 10.9. The molecule has 1 heterocycles. The molecule has 0 radical (unpaired) electrons. The molecule has 11 atom stereocenters. The minimum Gasteiger partial charge on any atom is -0.458 e. The van der Waals surface area contributed by atoms with E-state index in [-0.39, 0.29) is 40.2 Å². The quantitative estimate of drug-likeness (QED) is 0.529. The number of likely N-dealkylation sites (tertiary alicyclic amines) is 1. The molecule has 6 aliphatic rings. The summed E-state index contributed by atoms with van der Waals surface area (Å²) in [5.41, 5.74) is 1.17. The summed E-state index contributed by atoms with van der Waals surface area (Å²) in [5, 5.41) is 23.0. The molecule has 1 aromatic rings. The van der Waals surface area contributed by atoms with Crippen molar-refractivity contribution in [2.75, 3.05) is 13.1 Å². The highest BCUT2D eigenvalue weighted by molar-refractivity contribution is 5.89. The largest absolute Gasteiger partial charge is 0.458 e. The van der Waals surface area contributed by atoms with Gasteiger partial charge in [-0.3, -0.25) is 4.90 Å². The first kappa shape index (κ1) is 21.6. The molecule has 6 fully saturated rings. The zero-order valence-corrected chi connectivity index (χ0v) is 20.3. The molecule has 7 rings (SSSR count). The van der Waals surface area contributed by atoms with E-state index in [0.29, 0.717) is 29.9 Å².